The first kappa shape index (κ1) is 62.6. The Bertz CT molecular complexity index is 4210. The molecule has 0 radical (unpaired) electrons. The molecule has 7 aromatic carbocycles. The van der Waals surface area contributed by atoms with Gasteiger partial charge in [0.05, 0.1) is 30.1 Å². The highest BCUT2D eigenvalue weighted by molar-refractivity contribution is 6.45. The molecule has 6 amide bonds. The molecule has 6 atom stereocenters. The van der Waals surface area contributed by atoms with E-state index in [2.05, 4.69) is 31.6 Å². The van der Waals surface area contributed by atoms with E-state index in [0.717, 1.165) is 41.3 Å². The molecule has 4 aliphatic rings. The molecule has 5 heterocycles. The van der Waals surface area contributed by atoms with Crippen molar-refractivity contribution in [3.63, 3.8) is 0 Å². The molecule has 0 aliphatic carbocycles. The number of phenols is 5. The molecule has 8 aromatic rings. The van der Waals surface area contributed by atoms with E-state index in [9.17, 15) is 49.8 Å². The number of aromatic nitrogens is 1. The van der Waals surface area contributed by atoms with Crippen LogP contribution in [0.1, 0.15) is 67.9 Å². The van der Waals surface area contributed by atoms with Crippen LogP contribution < -0.4 is 31.3 Å². The maximum absolute atomic E-state index is 15.8. The van der Waals surface area contributed by atoms with Crippen molar-refractivity contribution in [2.45, 2.75) is 49.1 Å². The number of amides is 6. The van der Waals surface area contributed by atoms with E-state index in [1.54, 1.807) is 18.2 Å². The van der Waals surface area contributed by atoms with Gasteiger partial charge in [0.2, 0.25) is 35.3 Å². The number of benzene rings is 7. The van der Waals surface area contributed by atoms with Crippen molar-refractivity contribution in [2.24, 2.45) is 0 Å². The number of nitrogens with one attached hydrogen (secondary N) is 6. The predicted octanol–water partition coefficient (Wildman–Crippen LogP) is 9.20. The number of carboxylic acid groups (broad SMARTS) is 1. The minimum absolute atomic E-state index is 0.00208. The maximum Gasteiger partial charge on any atom is 0.330 e. The highest BCUT2D eigenvalue weighted by Gasteiger charge is 2.40. The van der Waals surface area contributed by atoms with Gasteiger partial charge >= 0.3 is 5.97 Å². The van der Waals surface area contributed by atoms with Gasteiger partial charge in [-0.05, 0) is 118 Å². The first-order valence-electron chi connectivity index (χ1n) is 26.4. The maximum atomic E-state index is 15.8. The van der Waals surface area contributed by atoms with Gasteiger partial charge in [0, 0.05) is 48.1 Å². The Kier molecular flexibility index (Phi) is 17.8. The molecular formula is C61H45Cl6N7O15. The average molecular weight is 1330 g/mol. The van der Waals surface area contributed by atoms with Gasteiger partial charge in [-0.2, -0.15) is 0 Å². The fraction of sp³-hybridized carbons (Fsp3) is 0.148. The minimum atomic E-state index is -2.07. The number of Topliss-reactive ketones (excluding diaryl/α,β-unsaturated/α-hetero) is 1. The van der Waals surface area contributed by atoms with Crippen LogP contribution in [-0.2, 0) is 46.4 Å². The molecule has 9 bridgehead atoms. The second kappa shape index (κ2) is 25.4. The molecule has 0 unspecified atom stereocenters. The lowest BCUT2D eigenvalue weighted by Crippen LogP contribution is -2.55. The Balaban J connectivity index is 1.15. The van der Waals surface area contributed by atoms with Crippen LogP contribution in [0.25, 0.3) is 22.0 Å². The van der Waals surface area contributed by atoms with Crippen LogP contribution in [0.15, 0.2) is 121 Å². The largest absolute Gasteiger partial charge is 0.508 e. The minimum Gasteiger partial charge on any atom is -0.508 e. The highest BCUT2D eigenvalue weighted by Crippen LogP contribution is 2.44. The van der Waals surface area contributed by atoms with Gasteiger partial charge in [0.15, 0.2) is 34.8 Å². The van der Waals surface area contributed by atoms with Crippen molar-refractivity contribution >= 4 is 128 Å². The number of fused-ring (bicyclic) bond motifs is 15. The lowest BCUT2D eigenvalue weighted by Gasteiger charge is -2.33. The number of H-pyrrole nitrogens is 1. The van der Waals surface area contributed by atoms with E-state index in [0.29, 0.717) is 22.0 Å². The summed E-state index contributed by atoms with van der Waals surface area (Å²) in [5.74, 6) is -12.7. The second-order valence-corrected chi connectivity index (χ2v) is 23.1. The first-order valence-corrected chi connectivity index (χ1v) is 28.6. The Labute approximate surface area is 532 Å². The third-order valence-corrected chi connectivity index (χ3v) is 16.6. The van der Waals surface area contributed by atoms with E-state index in [1.807, 2.05) is 0 Å². The van der Waals surface area contributed by atoms with Crippen molar-refractivity contribution in [2.75, 3.05) is 7.05 Å². The van der Waals surface area contributed by atoms with Crippen LogP contribution in [0.4, 0.5) is 0 Å². The summed E-state index contributed by atoms with van der Waals surface area (Å²) in [6, 6.07) is 13.3. The lowest BCUT2D eigenvalue weighted by molar-refractivity contribution is -0.145. The number of carboxylic acids is 1. The summed E-state index contributed by atoms with van der Waals surface area (Å²) in [6.07, 6.45) is 0.782. The fourth-order valence-corrected chi connectivity index (χ4v) is 11.7. The zero-order valence-corrected chi connectivity index (χ0v) is 50.0. The van der Waals surface area contributed by atoms with E-state index in [4.69, 9.17) is 74.3 Å². The van der Waals surface area contributed by atoms with Gasteiger partial charge in [-0.15, -0.1) is 0 Å². The van der Waals surface area contributed by atoms with E-state index in [-0.39, 0.29) is 72.7 Å². The number of aromatic hydroxyl groups is 5. The van der Waals surface area contributed by atoms with Crippen molar-refractivity contribution in [3.05, 3.63) is 191 Å². The number of nitrogens with zero attached hydrogens (tertiary/aromatic N) is 1. The number of aromatic amines is 1. The molecule has 0 saturated carbocycles. The number of carbonyl (C=O) groups excluding carboxylic acids is 7. The van der Waals surface area contributed by atoms with Crippen molar-refractivity contribution in [1.29, 1.82) is 0 Å². The number of ketones is 1. The Morgan fingerprint density at radius 3 is 1.71 bits per heavy atom. The summed E-state index contributed by atoms with van der Waals surface area (Å²) in [5.41, 5.74) is 0.449. The summed E-state index contributed by atoms with van der Waals surface area (Å²) < 4.78 is 6.37. The summed E-state index contributed by atoms with van der Waals surface area (Å²) in [7, 11) is 1.19. The van der Waals surface area contributed by atoms with Crippen LogP contribution in [0.2, 0.25) is 30.1 Å². The number of rotatable bonds is 9. The quantitative estimate of drug-likeness (QED) is 0.0473. The molecule has 1 aromatic heterocycles. The Hall–Kier alpha value is -9.42. The zero-order chi connectivity index (χ0) is 64.0. The van der Waals surface area contributed by atoms with E-state index < -0.39 is 133 Å². The number of phenolic OH excluding ortho intramolecular Hbond substituents is 5. The first-order chi connectivity index (χ1) is 42.2. The van der Waals surface area contributed by atoms with Crippen LogP contribution in [0, 0.1) is 0 Å². The Morgan fingerprint density at radius 1 is 0.607 bits per heavy atom. The standard InChI is InChI=1S/C61H45Cl6N7O15/c1-74-44(56(82)73-49(61(87)88)25-4-7-32(75)8-5-25)12-24-2-9-33(10-3-24)89-45-22-27-13-35(51(45)77)26-6-11-34-31(23-68-42(34)20-26)21-43(69-59(85)50(76)30-18-40(66)54(80)41(67)19-30)55(81)70-47(28-14-36(62)52(78)37(63)15-28)57(83)71-46(27)58(84)72-48(60(74)86)29-16-38(64)53(79)39(65)17-29/h2-11,13-20,22-23,43-44,46-49,68,75,77-80H,12,21H2,1H3,(H,69,85)(H,70,81)(H,71,83)(H,72,84)(H,73,82)(H,87,88)/t43-,44+,46-,47-,48-,49-/m0/s1. The van der Waals surface area contributed by atoms with Crippen molar-refractivity contribution in [1.82, 2.24) is 36.5 Å². The van der Waals surface area contributed by atoms with Gasteiger partial charge in [-0.25, -0.2) is 4.79 Å². The summed E-state index contributed by atoms with van der Waals surface area (Å²) >= 11 is 38.0. The van der Waals surface area contributed by atoms with Crippen molar-refractivity contribution in [3.8, 4) is 51.4 Å². The molecule has 4 aliphatic heterocycles. The predicted molar refractivity (Wildman–Crippen MR) is 326 cm³/mol. The molecule has 12 rings (SSSR count). The molecule has 0 saturated heterocycles. The summed E-state index contributed by atoms with van der Waals surface area (Å²) in [5, 5.41) is 75.0. The van der Waals surface area contributed by atoms with Crippen LogP contribution in [-0.4, -0.2) is 107 Å². The molecule has 22 nitrogen and oxygen atoms in total. The van der Waals surface area contributed by atoms with Crippen molar-refractivity contribution < 1.29 is 73.7 Å². The monoisotopic (exact) mass is 1330 g/mol. The van der Waals surface area contributed by atoms with E-state index in [1.165, 1.54) is 73.9 Å². The molecular weight excluding hydrogens is 1280 g/mol. The van der Waals surface area contributed by atoms with Gasteiger partial charge in [-0.3, -0.25) is 33.6 Å². The third-order valence-electron chi connectivity index (χ3n) is 14.9. The topological polar surface area (TPSA) is 346 Å². The molecule has 28 heteroatoms. The zero-order valence-electron chi connectivity index (χ0n) is 45.5. The molecule has 0 spiro atoms. The third kappa shape index (κ3) is 13.0. The molecule has 12 N–H and O–H groups in total. The number of ether oxygens (including phenoxy) is 1. The van der Waals surface area contributed by atoms with E-state index >= 15 is 19.2 Å². The molecule has 456 valence electrons. The number of aliphatic carboxylic acids is 1. The average Bonchev–Trinajstić information content (AvgIpc) is 1.98. The van der Waals surface area contributed by atoms with Crippen LogP contribution in [0.5, 0.6) is 40.2 Å². The normalized spacial score (nSPS) is 18.2. The molecule has 89 heavy (non-hydrogen) atoms. The van der Waals surface area contributed by atoms with Gasteiger partial charge in [0.1, 0.15) is 41.7 Å². The number of hydrogen-bond acceptors (Lipinski definition) is 14. The lowest BCUT2D eigenvalue weighted by atomic mass is 9.94. The second-order valence-electron chi connectivity index (χ2n) is 20.6. The van der Waals surface area contributed by atoms with Crippen LogP contribution in [0.3, 0.4) is 0 Å². The number of likely N-dealkylation sites (N-methyl/N-ethyl adjacent to an activating group) is 1. The van der Waals surface area contributed by atoms with Gasteiger partial charge in [0.25, 0.3) is 5.91 Å². The summed E-state index contributed by atoms with van der Waals surface area (Å²) in [6.45, 7) is 0. The van der Waals surface area contributed by atoms with Gasteiger partial charge < -0.3 is 71.8 Å². The SMILES string of the molecule is CN1C(=O)[C@H](c2cc(Cl)c(O)c(Cl)c2)NC(=O)[C@H]2NC(=O)[C@H](c3cc(Cl)c(O)c(Cl)c3)NC(=O)[C@@H](NC(=O)C(=O)c3cc(Cl)c(O)c(Cl)c3)Cc3c[nH]c4cc(ccc34)-c3cc2cc(c3O)Oc2ccc(cc2)C[C@@H]1C(=O)N[C@H](C(=O)O)c1ccc(O)cc1. The van der Waals surface area contributed by atoms with Crippen LogP contribution >= 0.6 is 69.6 Å². The Morgan fingerprint density at radius 2 is 1.13 bits per heavy atom. The molecule has 0 fully saturated rings. The van der Waals surface area contributed by atoms with Gasteiger partial charge in [-0.1, -0.05) is 106 Å². The fourth-order valence-electron chi connectivity index (χ4n) is 10.2. The number of halogens is 6. The highest BCUT2D eigenvalue weighted by atomic mass is 35.5. The summed E-state index contributed by atoms with van der Waals surface area (Å²) in [4.78, 5) is 121. The smallest absolute Gasteiger partial charge is 0.330 e. The number of carbonyl (C=O) groups is 8. The number of hydrogen-bond donors (Lipinski definition) is 12.